The van der Waals surface area contributed by atoms with Gasteiger partial charge in [-0.1, -0.05) is 0 Å². The van der Waals surface area contributed by atoms with Crippen molar-refractivity contribution in [3.05, 3.63) is 18.6 Å². The fourth-order valence-corrected chi connectivity index (χ4v) is 1.01. The number of H-pyrrole nitrogens is 1. The van der Waals surface area contributed by atoms with E-state index in [2.05, 4.69) is 19.7 Å². The van der Waals surface area contributed by atoms with Crippen LogP contribution in [0.2, 0.25) is 0 Å². The number of rotatable bonds is 1. The molecular formula is C7H6N4O2. The van der Waals surface area contributed by atoms with Gasteiger partial charge in [-0.2, -0.15) is 0 Å². The van der Waals surface area contributed by atoms with E-state index in [9.17, 15) is 4.79 Å². The average molecular weight is 178 g/mol. The largest absolute Gasteiger partial charge is 0.411 e. The molecule has 3 N–H and O–H groups in total. The SMILES string of the molecule is NC(=O)Oc1nccc2[nH]cnc12. The summed E-state index contributed by atoms with van der Waals surface area (Å²) in [7, 11) is 0. The van der Waals surface area contributed by atoms with Crippen LogP contribution in [0, 0.1) is 0 Å². The lowest BCUT2D eigenvalue weighted by Crippen LogP contribution is -2.17. The van der Waals surface area contributed by atoms with Gasteiger partial charge in [0.25, 0.3) is 5.88 Å². The van der Waals surface area contributed by atoms with Crippen LogP contribution in [0.1, 0.15) is 0 Å². The third kappa shape index (κ3) is 1.28. The summed E-state index contributed by atoms with van der Waals surface area (Å²) in [6.07, 6.45) is 2.09. The highest BCUT2D eigenvalue weighted by Gasteiger charge is 2.07. The van der Waals surface area contributed by atoms with Gasteiger partial charge in [0.1, 0.15) is 0 Å². The van der Waals surface area contributed by atoms with Gasteiger partial charge < -0.3 is 15.5 Å². The molecule has 0 atom stereocenters. The number of hydrogen-bond donors (Lipinski definition) is 2. The molecule has 13 heavy (non-hydrogen) atoms. The minimum absolute atomic E-state index is 0.117. The van der Waals surface area contributed by atoms with E-state index in [4.69, 9.17) is 5.73 Å². The smallest absolute Gasteiger partial charge is 0.389 e. The summed E-state index contributed by atoms with van der Waals surface area (Å²) in [5, 5.41) is 0. The van der Waals surface area contributed by atoms with Crippen molar-refractivity contribution < 1.29 is 9.53 Å². The lowest BCUT2D eigenvalue weighted by molar-refractivity contribution is 0.209. The molecule has 1 amide bonds. The maximum absolute atomic E-state index is 10.5. The van der Waals surface area contributed by atoms with Crippen LogP contribution >= 0.6 is 0 Å². The summed E-state index contributed by atoms with van der Waals surface area (Å²) >= 11 is 0. The van der Waals surface area contributed by atoms with Crippen molar-refractivity contribution >= 4 is 17.1 Å². The minimum atomic E-state index is -0.900. The number of ether oxygens (including phenoxy) is 1. The van der Waals surface area contributed by atoms with E-state index in [1.165, 1.54) is 12.5 Å². The van der Waals surface area contributed by atoms with Crippen LogP contribution in [-0.2, 0) is 0 Å². The van der Waals surface area contributed by atoms with Crippen molar-refractivity contribution in [1.82, 2.24) is 15.0 Å². The van der Waals surface area contributed by atoms with E-state index in [-0.39, 0.29) is 5.88 Å². The number of aromatic amines is 1. The van der Waals surface area contributed by atoms with Crippen molar-refractivity contribution in [2.45, 2.75) is 0 Å². The Morgan fingerprint density at radius 3 is 3.15 bits per heavy atom. The first-order valence-corrected chi connectivity index (χ1v) is 3.53. The Labute approximate surface area is 72.7 Å². The first kappa shape index (κ1) is 7.53. The number of carbonyl (C=O) groups is 1. The molecule has 0 saturated carbocycles. The van der Waals surface area contributed by atoms with Crippen molar-refractivity contribution in [3.63, 3.8) is 0 Å². The Balaban J connectivity index is 2.54. The molecule has 0 radical (unpaired) electrons. The second-order valence-corrected chi connectivity index (χ2v) is 2.34. The number of aromatic nitrogens is 3. The second-order valence-electron chi connectivity index (χ2n) is 2.34. The molecule has 0 saturated heterocycles. The van der Waals surface area contributed by atoms with Crippen molar-refractivity contribution in [1.29, 1.82) is 0 Å². The zero-order valence-electron chi connectivity index (χ0n) is 6.52. The number of primary amides is 1. The van der Waals surface area contributed by atoms with Crippen LogP contribution in [0.15, 0.2) is 18.6 Å². The van der Waals surface area contributed by atoms with Gasteiger partial charge in [0.2, 0.25) is 0 Å². The molecule has 0 aromatic carbocycles. The number of nitrogens with two attached hydrogens (primary N) is 1. The number of pyridine rings is 1. The van der Waals surface area contributed by atoms with Crippen LogP contribution < -0.4 is 10.5 Å². The van der Waals surface area contributed by atoms with Crippen molar-refractivity contribution in [2.24, 2.45) is 5.73 Å². The van der Waals surface area contributed by atoms with Crippen molar-refractivity contribution in [2.75, 3.05) is 0 Å². The number of nitrogens with zero attached hydrogens (tertiary/aromatic N) is 2. The van der Waals surface area contributed by atoms with E-state index < -0.39 is 6.09 Å². The van der Waals surface area contributed by atoms with E-state index in [0.717, 1.165) is 5.52 Å². The first-order chi connectivity index (χ1) is 6.27. The van der Waals surface area contributed by atoms with Gasteiger partial charge in [-0.15, -0.1) is 0 Å². The lowest BCUT2D eigenvalue weighted by atomic mass is 10.4. The number of nitrogens with one attached hydrogen (secondary N) is 1. The molecule has 0 bridgehead atoms. The minimum Gasteiger partial charge on any atom is -0.389 e. The molecular weight excluding hydrogens is 172 g/mol. The van der Waals surface area contributed by atoms with E-state index in [0.29, 0.717) is 5.52 Å². The van der Waals surface area contributed by atoms with Crippen LogP contribution in [-0.4, -0.2) is 21.0 Å². The predicted octanol–water partition coefficient (Wildman–Crippen LogP) is 0.415. The zero-order chi connectivity index (χ0) is 9.26. The fourth-order valence-electron chi connectivity index (χ4n) is 1.01. The van der Waals surface area contributed by atoms with Crippen LogP contribution in [0.5, 0.6) is 5.88 Å². The van der Waals surface area contributed by atoms with Gasteiger partial charge in [0, 0.05) is 6.20 Å². The van der Waals surface area contributed by atoms with Gasteiger partial charge >= 0.3 is 6.09 Å². The molecule has 0 spiro atoms. The Hall–Kier alpha value is -2.11. The maximum atomic E-state index is 10.5. The number of fused-ring (bicyclic) bond motifs is 1. The summed E-state index contributed by atoms with van der Waals surface area (Å²) in [5.74, 6) is 0.117. The van der Waals surface area contributed by atoms with Gasteiger partial charge in [-0.05, 0) is 6.07 Å². The third-order valence-electron chi connectivity index (χ3n) is 1.50. The molecule has 2 aromatic rings. The summed E-state index contributed by atoms with van der Waals surface area (Å²) in [6, 6.07) is 1.72. The second kappa shape index (κ2) is 2.74. The van der Waals surface area contributed by atoms with Gasteiger partial charge in [-0.3, -0.25) is 0 Å². The van der Waals surface area contributed by atoms with Gasteiger partial charge in [-0.25, -0.2) is 14.8 Å². The predicted molar refractivity (Wildman–Crippen MR) is 44.1 cm³/mol. The lowest BCUT2D eigenvalue weighted by Gasteiger charge is -1.98. The summed E-state index contributed by atoms with van der Waals surface area (Å²) in [6.45, 7) is 0. The van der Waals surface area contributed by atoms with E-state index in [1.807, 2.05) is 0 Å². The van der Waals surface area contributed by atoms with Crippen LogP contribution in [0.3, 0.4) is 0 Å². The third-order valence-corrected chi connectivity index (χ3v) is 1.50. The number of amides is 1. The maximum Gasteiger partial charge on any atom is 0.411 e. The quantitative estimate of drug-likeness (QED) is 0.661. The normalized spacial score (nSPS) is 10.2. The van der Waals surface area contributed by atoms with Crippen molar-refractivity contribution in [3.8, 4) is 5.88 Å². The van der Waals surface area contributed by atoms with E-state index in [1.54, 1.807) is 6.07 Å². The monoisotopic (exact) mass is 178 g/mol. The van der Waals surface area contributed by atoms with Gasteiger partial charge in [0.05, 0.1) is 11.8 Å². The highest BCUT2D eigenvalue weighted by molar-refractivity contribution is 5.81. The average Bonchev–Trinajstić information content (AvgIpc) is 2.51. The summed E-state index contributed by atoms with van der Waals surface area (Å²) in [5.41, 5.74) is 6.07. The molecule has 2 aromatic heterocycles. The van der Waals surface area contributed by atoms with Gasteiger partial charge in [0.15, 0.2) is 5.52 Å². The number of imidazole rings is 1. The molecule has 2 rings (SSSR count). The standard InChI is InChI=1S/C7H6N4O2/c8-7(12)13-6-5-4(1-2-9-6)10-3-11-5/h1-3H,(H2,8,12)(H,10,11). The van der Waals surface area contributed by atoms with Crippen LogP contribution in [0.25, 0.3) is 11.0 Å². The molecule has 0 fully saturated rings. The molecule has 2 heterocycles. The topological polar surface area (TPSA) is 93.9 Å². The molecule has 0 aliphatic rings. The Bertz CT molecular complexity index is 450. The van der Waals surface area contributed by atoms with E-state index >= 15 is 0 Å². The summed E-state index contributed by atoms with van der Waals surface area (Å²) < 4.78 is 4.63. The zero-order valence-corrected chi connectivity index (χ0v) is 6.52. The Morgan fingerprint density at radius 2 is 2.38 bits per heavy atom. The summed E-state index contributed by atoms with van der Waals surface area (Å²) in [4.78, 5) is 21.0. The molecule has 0 unspecified atom stereocenters. The molecule has 0 aliphatic carbocycles. The molecule has 66 valence electrons. The highest BCUT2D eigenvalue weighted by Crippen LogP contribution is 2.18. The molecule has 6 heteroatoms. The fraction of sp³-hybridized carbons (Fsp3) is 0. The van der Waals surface area contributed by atoms with Crippen LogP contribution in [0.4, 0.5) is 4.79 Å². The number of hydrogen-bond acceptors (Lipinski definition) is 4. The highest BCUT2D eigenvalue weighted by atomic mass is 16.6. The number of carbonyl (C=O) groups excluding carboxylic acids is 1. The Morgan fingerprint density at radius 1 is 1.54 bits per heavy atom. The molecule has 6 nitrogen and oxygen atoms in total. The first-order valence-electron chi connectivity index (χ1n) is 3.53. The molecule has 0 aliphatic heterocycles. The Kier molecular flexibility index (Phi) is 1.59.